The SMILES string of the molecule is CCc1c(C)c2cc3[nH]c(cc4nc(c(CC(=O)OC)c5nc(cc1[nH]2)C(C)=C5C(=O)NCCOCCOC(C)=O)C(CCC(=O)O)C4C)c(C)c3C(C)O. The van der Waals surface area contributed by atoms with Crippen LogP contribution in [0.15, 0.2) is 18.2 Å². The number of H-pyrrole nitrogens is 2. The molecule has 3 atom stereocenters. The number of methoxy groups -OCH3 is 1. The van der Waals surface area contributed by atoms with Crippen LogP contribution in [0.3, 0.4) is 0 Å². The Hall–Kier alpha value is -5.34. The number of ether oxygens (including phenoxy) is 3. The minimum absolute atomic E-state index is 0.0913. The first-order valence-electron chi connectivity index (χ1n) is 18.6. The lowest BCUT2D eigenvalue weighted by Gasteiger charge is -2.18. The molecule has 3 unspecified atom stereocenters. The second-order valence-corrected chi connectivity index (χ2v) is 14.0. The number of aliphatic hydroxyl groups excluding tert-OH is 1. The number of carboxylic acids is 1. The minimum atomic E-state index is -0.972. The maximum absolute atomic E-state index is 14.2. The quantitative estimate of drug-likeness (QED) is 0.100. The lowest BCUT2D eigenvalue weighted by Crippen LogP contribution is -2.29. The van der Waals surface area contributed by atoms with E-state index in [9.17, 15) is 29.4 Å². The summed E-state index contributed by atoms with van der Waals surface area (Å²) in [6.07, 6.45) is -0.284. The smallest absolute Gasteiger partial charge is 0.310 e. The van der Waals surface area contributed by atoms with Crippen LogP contribution < -0.4 is 5.32 Å². The number of aliphatic carboxylic acids is 1. The Labute approximate surface area is 319 Å². The molecule has 0 spiro atoms. The van der Waals surface area contributed by atoms with E-state index in [1.165, 1.54) is 14.0 Å². The first-order valence-corrected chi connectivity index (χ1v) is 18.6. The monoisotopic (exact) mass is 757 g/mol. The van der Waals surface area contributed by atoms with Gasteiger partial charge in [0, 0.05) is 70.6 Å². The number of esters is 2. The van der Waals surface area contributed by atoms with Gasteiger partial charge in [0.05, 0.1) is 55.5 Å². The molecule has 3 aromatic rings. The number of fused-ring (bicyclic) bond motifs is 8. The van der Waals surface area contributed by atoms with E-state index in [4.69, 9.17) is 24.2 Å². The second-order valence-electron chi connectivity index (χ2n) is 14.0. The highest BCUT2D eigenvalue weighted by Crippen LogP contribution is 2.44. The highest BCUT2D eigenvalue weighted by molar-refractivity contribution is 6.27. The molecule has 3 aromatic heterocycles. The summed E-state index contributed by atoms with van der Waals surface area (Å²) < 4.78 is 15.6. The van der Waals surface area contributed by atoms with Gasteiger partial charge in [0.2, 0.25) is 0 Å². The van der Waals surface area contributed by atoms with Crippen LogP contribution in [0, 0.1) is 13.8 Å². The molecular weight excluding hydrogens is 706 g/mol. The maximum atomic E-state index is 14.2. The Balaban J connectivity index is 1.84. The standard InChI is InChI=1S/C41H51N5O9/c1-9-26-20(2)29-19-34-37(24(6)47)22(4)31(44-34)17-30-21(3)27(10-11-35(49)50)39(45-30)28(16-36(51)53-8)40-38(23(5)32(46-40)18-33(26)43-29)41(52)42-12-13-54-14-15-55-25(7)48/h17-19,21,24,27,43-44,47H,9-16H2,1-8H3,(H,42,52)(H,49,50). The second kappa shape index (κ2) is 17.4. The molecule has 294 valence electrons. The lowest BCUT2D eigenvalue weighted by molar-refractivity contribution is -0.142. The van der Waals surface area contributed by atoms with Crippen LogP contribution >= 0.6 is 0 Å². The predicted octanol–water partition coefficient (Wildman–Crippen LogP) is 5.64. The van der Waals surface area contributed by atoms with Crippen molar-refractivity contribution in [3.05, 3.63) is 68.8 Å². The van der Waals surface area contributed by atoms with Gasteiger partial charge in [-0.1, -0.05) is 13.8 Å². The summed E-state index contributed by atoms with van der Waals surface area (Å²) in [6.45, 7) is 13.4. The number of hydrogen-bond acceptors (Lipinski definition) is 10. The van der Waals surface area contributed by atoms with Crippen molar-refractivity contribution in [3.63, 3.8) is 0 Å². The van der Waals surface area contributed by atoms with Gasteiger partial charge in [-0.25, -0.2) is 4.98 Å². The van der Waals surface area contributed by atoms with Crippen molar-refractivity contribution in [3.8, 4) is 0 Å². The number of allylic oxidation sites excluding steroid dienone is 1. The zero-order chi connectivity index (χ0) is 40.1. The molecule has 0 aromatic carbocycles. The van der Waals surface area contributed by atoms with Crippen LogP contribution in [0.25, 0.3) is 33.2 Å². The number of rotatable bonds is 14. The van der Waals surface area contributed by atoms with E-state index in [1.54, 1.807) is 13.8 Å². The van der Waals surface area contributed by atoms with Crippen molar-refractivity contribution >= 4 is 57.0 Å². The molecule has 1 amide bonds. The summed E-state index contributed by atoms with van der Waals surface area (Å²) in [5.41, 5.74) is 9.81. The zero-order valence-electron chi connectivity index (χ0n) is 32.8. The average Bonchev–Trinajstić information content (AvgIpc) is 3.81. The lowest BCUT2D eigenvalue weighted by atomic mass is 9.84. The molecule has 14 nitrogen and oxygen atoms in total. The third kappa shape index (κ3) is 8.81. The highest BCUT2D eigenvalue weighted by Gasteiger charge is 2.35. The fourth-order valence-corrected chi connectivity index (χ4v) is 7.55. The summed E-state index contributed by atoms with van der Waals surface area (Å²) in [5.74, 6) is -3.13. The number of aromatic amines is 2. The normalized spacial score (nSPS) is 15.9. The van der Waals surface area contributed by atoms with Crippen molar-refractivity contribution in [1.82, 2.24) is 25.3 Å². The van der Waals surface area contributed by atoms with E-state index in [2.05, 4.69) is 22.2 Å². The molecule has 0 aliphatic carbocycles. The third-order valence-corrected chi connectivity index (χ3v) is 10.5. The van der Waals surface area contributed by atoms with E-state index in [-0.39, 0.29) is 62.8 Å². The molecule has 0 saturated heterocycles. The maximum Gasteiger partial charge on any atom is 0.310 e. The third-order valence-electron chi connectivity index (χ3n) is 10.5. The van der Waals surface area contributed by atoms with Gasteiger partial charge in [0.15, 0.2) is 0 Å². The summed E-state index contributed by atoms with van der Waals surface area (Å²) in [7, 11) is 1.28. The molecule has 2 aliphatic rings. The van der Waals surface area contributed by atoms with Crippen LogP contribution in [0.4, 0.5) is 0 Å². The molecular formula is C41H51N5O9. The molecule has 8 bridgehead atoms. The molecule has 14 heteroatoms. The van der Waals surface area contributed by atoms with Crippen LogP contribution in [-0.2, 0) is 46.2 Å². The van der Waals surface area contributed by atoms with Crippen LogP contribution in [0.5, 0.6) is 0 Å². The van der Waals surface area contributed by atoms with Gasteiger partial charge in [0.1, 0.15) is 6.61 Å². The highest BCUT2D eigenvalue weighted by atomic mass is 16.6. The number of aliphatic hydroxyl groups is 1. The topological polar surface area (TPSA) is 206 Å². The Morgan fingerprint density at radius 2 is 1.65 bits per heavy atom. The Kier molecular flexibility index (Phi) is 12.9. The van der Waals surface area contributed by atoms with E-state index < -0.39 is 35.8 Å². The van der Waals surface area contributed by atoms with E-state index in [0.29, 0.717) is 34.6 Å². The zero-order valence-corrected chi connectivity index (χ0v) is 32.8. The van der Waals surface area contributed by atoms with E-state index in [1.807, 2.05) is 39.0 Å². The number of aryl methyl sites for hydroxylation is 3. The summed E-state index contributed by atoms with van der Waals surface area (Å²) in [6, 6.07) is 5.79. The fourth-order valence-electron chi connectivity index (χ4n) is 7.55. The van der Waals surface area contributed by atoms with Crippen molar-refractivity contribution < 1.29 is 43.6 Å². The van der Waals surface area contributed by atoms with Gasteiger partial charge in [0.25, 0.3) is 5.91 Å². The molecule has 55 heavy (non-hydrogen) atoms. The Morgan fingerprint density at radius 3 is 2.31 bits per heavy atom. The molecule has 0 saturated carbocycles. The van der Waals surface area contributed by atoms with Gasteiger partial charge in [-0.2, -0.15) is 0 Å². The average molecular weight is 758 g/mol. The van der Waals surface area contributed by atoms with Gasteiger partial charge < -0.3 is 39.7 Å². The summed E-state index contributed by atoms with van der Waals surface area (Å²) >= 11 is 0. The van der Waals surface area contributed by atoms with E-state index in [0.717, 1.165) is 44.3 Å². The molecule has 2 aliphatic heterocycles. The first-order chi connectivity index (χ1) is 26.2. The van der Waals surface area contributed by atoms with Gasteiger partial charge in [-0.05, 0) is 81.0 Å². The Bertz CT molecular complexity index is 2200. The van der Waals surface area contributed by atoms with Crippen molar-refractivity contribution in [2.75, 3.05) is 33.5 Å². The summed E-state index contributed by atoms with van der Waals surface area (Å²) in [5, 5.41) is 23.6. The number of aromatic nitrogens is 4. The molecule has 0 radical (unpaired) electrons. The minimum Gasteiger partial charge on any atom is -0.481 e. The van der Waals surface area contributed by atoms with Crippen molar-refractivity contribution in [2.24, 2.45) is 0 Å². The summed E-state index contributed by atoms with van der Waals surface area (Å²) in [4.78, 5) is 67.6. The number of amides is 1. The van der Waals surface area contributed by atoms with E-state index >= 15 is 0 Å². The van der Waals surface area contributed by atoms with Crippen LogP contribution in [0.2, 0.25) is 0 Å². The number of hydrogen-bond donors (Lipinski definition) is 5. The van der Waals surface area contributed by atoms with Crippen LogP contribution in [0.1, 0.15) is 116 Å². The number of carboxylic acid groups (broad SMARTS) is 1. The van der Waals surface area contributed by atoms with Crippen molar-refractivity contribution in [2.45, 2.75) is 92.1 Å². The number of carbonyl (C=O) groups is 4. The van der Waals surface area contributed by atoms with Crippen molar-refractivity contribution in [1.29, 1.82) is 0 Å². The van der Waals surface area contributed by atoms with Gasteiger partial charge in [-0.3, -0.25) is 24.2 Å². The number of nitrogens with one attached hydrogen (secondary N) is 3. The van der Waals surface area contributed by atoms with Gasteiger partial charge in [-0.15, -0.1) is 0 Å². The molecule has 5 rings (SSSR count). The largest absolute Gasteiger partial charge is 0.481 e. The first kappa shape index (κ1) is 40.8. The Morgan fingerprint density at radius 1 is 0.945 bits per heavy atom. The number of carbonyl (C=O) groups excluding carboxylic acids is 3. The van der Waals surface area contributed by atoms with Crippen LogP contribution in [-0.4, -0.2) is 87.4 Å². The fraction of sp³-hybridized carbons (Fsp3) is 0.463. The molecule has 0 fully saturated rings. The van der Waals surface area contributed by atoms with Gasteiger partial charge >= 0.3 is 17.9 Å². The predicted molar refractivity (Wildman–Crippen MR) is 207 cm³/mol. The molecule has 5 heterocycles. The molecule has 5 N–H and O–H groups in total. The number of nitrogens with zero attached hydrogens (tertiary/aromatic N) is 2.